The summed E-state index contributed by atoms with van der Waals surface area (Å²) in [4.78, 5) is 28.0. The van der Waals surface area contributed by atoms with E-state index >= 15 is 0 Å². The van der Waals surface area contributed by atoms with Crippen LogP contribution in [0.15, 0.2) is 41.1 Å². The first kappa shape index (κ1) is 17.4. The van der Waals surface area contributed by atoms with Crippen LogP contribution in [-0.2, 0) is 9.59 Å². The van der Waals surface area contributed by atoms with E-state index in [0.717, 1.165) is 11.1 Å². The van der Waals surface area contributed by atoms with Crippen molar-refractivity contribution in [2.45, 2.75) is 6.92 Å². The van der Waals surface area contributed by atoms with Gasteiger partial charge in [-0.25, -0.2) is 4.39 Å². The van der Waals surface area contributed by atoms with Gasteiger partial charge in [0.25, 0.3) is 5.91 Å². The first-order valence-electron chi connectivity index (χ1n) is 8.09. The van der Waals surface area contributed by atoms with Crippen molar-refractivity contribution in [3.63, 3.8) is 0 Å². The van der Waals surface area contributed by atoms with Crippen LogP contribution in [0.4, 0.5) is 4.39 Å². The third-order valence-electron chi connectivity index (χ3n) is 4.26. The molecule has 1 fully saturated rings. The smallest absolute Gasteiger partial charge is 0.254 e. The van der Waals surface area contributed by atoms with Gasteiger partial charge in [-0.2, -0.15) is 11.3 Å². The van der Waals surface area contributed by atoms with Crippen LogP contribution >= 0.6 is 11.3 Å². The molecule has 0 atom stereocenters. The molecule has 1 aromatic carbocycles. The van der Waals surface area contributed by atoms with Crippen LogP contribution in [0.2, 0.25) is 0 Å². The number of thiophene rings is 1. The first-order chi connectivity index (χ1) is 12.0. The molecule has 25 heavy (non-hydrogen) atoms. The number of rotatable bonds is 3. The second-order valence-corrected chi connectivity index (χ2v) is 6.70. The van der Waals surface area contributed by atoms with Gasteiger partial charge >= 0.3 is 0 Å². The second kappa shape index (κ2) is 7.61. The molecular weight excluding hydrogens is 339 g/mol. The zero-order valence-electron chi connectivity index (χ0n) is 13.9. The highest BCUT2D eigenvalue weighted by atomic mass is 32.1. The number of benzene rings is 1. The molecule has 2 amide bonds. The van der Waals surface area contributed by atoms with E-state index in [1.54, 1.807) is 34.9 Å². The second-order valence-electron chi connectivity index (χ2n) is 5.92. The van der Waals surface area contributed by atoms with E-state index in [1.807, 2.05) is 16.8 Å². The zero-order chi connectivity index (χ0) is 17.8. The zero-order valence-corrected chi connectivity index (χ0v) is 14.8. The fourth-order valence-corrected chi connectivity index (χ4v) is 3.46. The molecule has 1 aliphatic heterocycles. The molecule has 0 bridgehead atoms. The Hall–Kier alpha value is -2.47. The minimum Gasteiger partial charge on any atom is -0.339 e. The van der Waals surface area contributed by atoms with Gasteiger partial charge in [-0.3, -0.25) is 9.59 Å². The van der Waals surface area contributed by atoms with E-state index in [2.05, 4.69) is 0 Å². The fraction of sp³-hybridized carbons (Fsp3) is 0.263. The summed E-state index contributed by atoms with van der Waals surface area (Å²) in [6.07, 6.45) is 1.79. The number of carbonyl (C=O) groups excluding carboxylic acids is 2. The summed E-state index contributed by atoms with van der Waals surface area (Å²) in [5.41, 5.74) is 2.22. The Morgan fingerprint density at radius 2 is 1.68 bits per heavy atom. The summed E-state index contributed by atoms with van der Waals surface area (Å²) < 4.78 is 13.1. The Balaban J connectivity index is 1.84. The topological polar surface area (TPSA) is 40.6 Å². The van der Waals surface area contributed by atoms with Crippen molar-refractivity contribution in [3.8, 4) is 0 Å². The standard InChI is InChI=1S/C19H19FN2O2S/c1-14(23)21-7-9-22(10-8-21)19(24)18(16-6-11-25-13-16)12-15-2-4-17(20)5-3-15/h2-6,11-13H,7-10H2,1H3/b18-12-. The summed E-state index contributed by atoms with van der Waals surface area (Å²) in [6, 6.07) is 7.98. The van der Waals surface area contributed by atoms with Crippen molar-refractivity contribution in [3.05, 3.63) is 58.0 Å². The van der Waals surface area contributed by atoms with Crippen molar-refractivity contribution >= 4 is 34.8 Å². The normalized spacial score (nSPS) is 15.4. The summed E-state index contributed by atoms with van der Waals surface area (Å²) in [7, 11) is 0. The highest BCUT2D eigenvalue weighted by Crippen LogP contribution is 2.24. The third-order valence-corrected chi connectivity index (χ3v) is 4.94. The number of nitrogens with zero attached hydrogens (tertiary/aromatic N) is 2. The molecule has 1 aromatic heterocycles. The number of halogens is 1. The maximum atomic E-state index is 13.1. The van der Waals surface area contributed by atoms with Gasteiger partial charge in [0.2, 0.25) is 5.91 Å². The van der Waals surface area contributed by atoms with Crippen LogP contribution in [0, 0.1) is 5.82 Å². The Morgan fingerprint density at radius 3 is 2.24 bits per heavy atom. The van der Waals surface area contributed by atoms with Crippen LogP contribution in [0.3, 0.4) is 0 Å². The molecule has 6 heteroatoms. The molecule has 2 heterocycles. The molecule has 2 aromatic rings. The van der Waals surface area contributed by atoms with Crippen molar-refractivity contribution < 1.29 is 14.0 Å². The largest absolute Gasteiger partial charge is 0.339 e. The molecule has 1 saturated heterocycles. The lowest BCUT2D eigenvalue weighted by molar-refractivity contribution is -0.135. The van der Waals surface area contributed by atoms with Crippen molar-refractivity contribution in [2.24, 2.45) is 0 Å². The maximum absolute atomic E-state index is 13.1. The minimum atomic E-state index is -0.305. The molecule has 0 unspecified atom stereocenters. The predicted molar refractivity (Wildman–Crippen MR) is 97.4 cm³/mol. The average molecular weight is 358 g/mol. The number of piperazine rings is 1. The van der Waals surface area contributed by atoms with Gasteiger partial charge in [0.1, 0.15) is 5.82 Å². The van der Waals surface area contributed by atoms with Crippen LogP contribution in [0.1, 0.15) is 18.1 Å². The van der Waals surface area contributed by atoms with Crippen molar-refractivity contribution in [2.75, 3.05) is 26.2 Å². The Morgan fingerprint density at radius 1 is 1.04 bits per heavy atom. The summed E-state index contributed by atoms with van der Waals surface area (Å²) in [5.74, 6) is -0.334. The minimum absolute atomic E-state index is 0.0343. The van der Waals surface area contributed by atoms with Crippen LogP contribution in [0.25, 0.3) is 11.6 Å². The van der Waals surface area contributed by atoms with Crippen LogP contribution < -0.4 is 0 Å². The fourth-order valence-electron chi connectivity index (χ4n) is 2.81. The van der Waals surface area contributed by atoms with Gasteiger partial charge in [0, 0.05) is 38.7 Å². The SMILES string of the molecule is CC(=O)N1CCN(C(=O)/C(=C\c2ccc(F)cc2)c2ccsc2)CC1. The van der Waals surface area contributed by atoms with Crippen molar-refractivity contribution in [1.29, 1.82) is 0 Å². The van der Waals surface area contributed by atoms with Crippen molar-refractivity contribution in [1.82, 2.24) is 9.80 Å². The van der Waals surface area contributed by atoms with E-state index in [4.69, 9.17) is 0 Å². The molecule has 0 aliphatic carbocycles. The van der Waals surface area contributed by atoms with E-state index < -0.39 is 0 Å². The van der Waals surface area contributed by atoms with E-state index in [1.165, 1.54) is 23.5 Å². The van der Waals surface area contributed by atoms with Gasteiger partial charge in [-0.05, 0) is 46.2 Å². The van der Waals surface area contributed by atoms with Crippen LogP contribution in [-0.4, -0.2) is 47.8 Å². The highest BCUT2D eigenvalue weighted by Gasteiger charge is 2.25. The van der Waals surface area contributed by atoms with Gasteiger partial charge < -0.3 is 9.80 Å². The molecule has 130 valence electrons. The monoisotopic (exact) mass is 358 g/mol. The van der Waals surface area contributed by atoms with Gasteiger partial charge in [-0.1, -0.05) is 12.1 Å². The molecule has 3 rings (SSSR count). The van der Waals surface area contributed by atoms with Gasteiger partial charge in [0.05, 0.1) is 0 Å². The molecule has 0 spiro atoms. The average Bonchev–Trinajstić information content (AvgIpc) is 3.15. The molecule has 0 N–H and O–H groups in total. The number of carbonyl (C=O) groups is 2. The third kappa shape index (κ3) is 4.14. The quantitative estimate of drug-likeness (QED) is 0.791. The summed E-state index contributed by atoms with van der Waals surface area (Å²) in [6.45, 7) is 3.68. The summed E-state index contributed by atoms with van der Waals surface area (Å²) in [5, 5.41) is 3.86. The Labute approximate surface area is 150 Å². The molecule has 1 aliphatic rings. The molecule has 0 radical (unpaired) electrons. The van der Waals surface area contributed by atoms with E-state index in [-0.39, 0.29) is 17.6 Å². The number of amides is 2. The molecular formula is C19H19FN2O2S. The Kier molecular flexibility index (Phi) is 5.28. The lowest BCUT2D eigenvalue weighted by atomic mass is 10.0. The predicted octanol–water partition coefficient (Wildman–Crippen LogP) is 3.12. The molecule has 0 saturated carbocycles. The van der Waals surface area contributed by atoms with E-state index in [0.29, 0.717) is 31.8 Å². The lowest BCUT2D eigenvalue weighted by Crippen LogP contribution is -2.50. The molecule has 4 nitrogen and oxygen atoms in total. The van der Waals surface area contributed by atoms with E-state index in [9.17, 15) is 14.0 Å². The maximum Gasteiger partial charge on any atom is 0.254 e. The van der Waals surface area contributed by atoms with Gasteiger partial charge in [-0.15, -0.1) is 0 Å². The highest BCUT2D eigenvalue weighted by molar-refractivity contribution is 7.08. The van der Waals surface area contributed by atoms with Gasteiger partial charge in [0.15, 0.2) is 0 Å². The summed E-state index contributed by atoms with van der Waals surface area (Å²) >= 11 is 1.52. The number of hydrogen-bond acceptors (Lipinski definition) is 3. The Bertz CT molecular complexity index is 776. The van der Waals surface area contributed by atoms with Crippen LogP contribution in [0.5, 0.6) is 0 Å². The lowest BCUT2D eigenvalue weighted by Gasteiger charge is -2.34. The number of hydrogen-bond donors (Lipinski definition) is 0. The first-order valence-corrected chi connectivity index (χ1v) is 9.03.